The summed E-state index contributed by atoms with van der Waals surface area (Å²) in [7, 11) is 2.15. The van der Waals surface area contributed by atoms with E-state index in [4.69, 9.17) is 0 Å². The van der Waals surface area contributed by atoms with Crippen LogP contribution in [-0.2, 0) is 24.5 Å². The van der Waals surface area contributed by atoms with Gasteiger partial charge in [-0.2, -0.15) is 0 Å². The van der Waals surface area contributed by atoms with Crippen LogP contribution in [-0.4, -0.2) is 64.5 Å². The Morgan fingerprint density at radius 2 is 1.47 bits per heavy atom. The van der Waals surface area contributed by atoms with Gasteiger partial charge in [-0.05, 0) is 84.9 Å². The van der Waals surface area contributed by atoms with Crippen LogP contribution in [0.5, 0.6) is 0 Å². The zero-order chi connectivity index (χ0) is 30.0. The number of nitrogens with zero attached hydrogens (tertiary/aromatic N) is 3. The minimum Gasteiger partial charge on any atom is -0.588 e. The molecule has 222 valence electrons. The van der Waals surface area contributed by atoms with Gasteiger partial charge < -0.3 is 25.4 Å². The van der Waals surface area contributed by atoms with Gasteiger partial charge in [-0.15, -0.1) is 0 Å². The highest BCUT2D eigenvalue weighted by molar-refractivity contribution is 7.92. The third kappa shape index (κ3) is 9.03. The number of carbonyl (C=O) groups is 2. The van der Waals surface area contributed by atoms with Crippen LogP contribution >= 0.6 is 0 Å². The Hall–Kier alpha value is -4.42. The molecule has 10 nitrogen and oxygen atoms in total. The predicted octanol–water partition coefficient (Wildman–Crippen LogP) is 4.54. The average Bonchev–Trinajstić information content (AvgIpc) is 3.03. The van der Waals surface area contributed by atoms with Crippen molar-refractivity contribution in [2.45, 2.75) is 18.0 Å². The second-order valence-corrected chi connectivity index (χ2v) is 11.6. The Morgan fingerprint density at radius 1 is 0.814 bits per heavy atom. The van der Waals surface area contributed by atoms with Crippen LogP contribution in [0.2, 0.25) is 0 Å². The number of urea groups is 1. The Balaban J connectivity index is 1.07. The summed E-state index contributed by atoms with van der Waals surface area (Å²) in [5.74, 6) is -0.232. The lowest BCUT2D eigenvalue weighted by Crippen LogP contribution is -2.43. The summed E-state index contributed by atoms with van der Waals surface area (Å²) < 4.78 is 15.8. The molecule has 1 aromatic heterocycles. The predicted molar refractivity (Wildman–Crippen MR) is 170 cm³/mol. The van der Waals surface area contributed by atoms with Crippen molar-refractivity contribution in [3.63, 3.8) is 0 Å². The zero-order valence-corrected chi connectivity index (χ0v) is 24.8. The number of nitrogens with one attached hydrogen (secondary N) is 4. The van der Waals surface area contributed by atoms with Crippen molar-refractivity contribution in [1.82, 2.24) is 20.1 Å². The minimum atomic E-state index is -1.54. The first-order valence-electron chi connectivity index (χ1n) is 14.0. The number of piperazine rings is 1. The molecule has 0 aliphatic carbocycles. The Labute approximate surface area is 254 Å². The van der Waals surface area contributed by atoms with Crippen molar-refractivity contribution in [2.75, 3.05) is 48.6 Å². The number of amides is 3. The van der Waals surface area contributed by atoms with Crippen molar-refractivity contribution in [3.8, 4) is 0 Å². The van der Waals surface area contributed by atoms with Crippen LogP contribution in [0.4, 0.5) is 21.9 Å². The minimum absolute atomic E-state index is 0.232. The van der Waals surface area contributed by atoms with Gasteiger partial charge in [-0.1, -0.05) is 18.2 Å². The van der Waals surface area contributed by atoms with E-state index >= 15 is 0 Å². The summed E-state index contributed by atoms with van der Waals surface area (Å²) in [4.78, 5) is 34.3. The average molecular weight is 598 g/mol. The van der Waals surface area contributed by atoms with Crippen molar-refractivity contribution >= 4 is 40.4 Å². The molecular formula is C32H35N7O3S. The summed E-state index contributed by atoms with van der Waals surface area (Å²) in [6.07, 6.45) is 3.37. The fraction of sp³-hybridized carbons (Fsp3) is 0.219. The molecule has 5 rings (SSSR count). The maximum atomic E-state index is 12.9. The third-order valence-corrected chi connectivity index (χ3v) is 8.20. The number of likely N-dealkylation sites (N-methyl/N-ethyl adjacent to an activating group) is 1. The lowest BCUT2D eigenvalue weighted by atomic mass is 10.1. The van der Waals surface area contributed by atoms with Crippen LogP contribution in [0.1, 0.15) is 21.5 Å². The van der Waals surface area contributed by atoms with Gasteiger partial charge >= 0.3 is 6.03 Å². The fourth-order valence-electron chi connectivity index (χ4n) is 4.54. The largest absolute Gasteiger partial charge is 0.588 e. The second-order valence-electron chi connectivity index (χ2n) is 10.4. The van der Waals surface area contributed by atoms with E-state index in [0.29, 0.717) is 28.4 Å². The number of hydrogen-bond acceptors (Lipinski definition) is 7. The number of anilines is 3. The van der Waals surface area contributed by atoms with Gasteiger partial charge in [0.15, 0.2) is 4.90 Å². The number of benzene rings is 3. The molecule has 3 amide bonds. The summed E-state index contributed by atoms with van der Waals surface area (Å²) in [6.45, 7) is 5.55. The maximum absolute atomic E-state index is 12.9. The highest BCUT2D eigenvalue weighted by Crippen LogP contribution is 2.20. The molecule has 1 aliphatic rings. The van der Waals surface area contributed by atoms with Gasteiger partial charge in [-0.25, -0.2) is 9.52 Å². The molecule has 0 radical (unpaired) electrons. The van der Waals surface area contributed by atoms with E-state index in [2.05, 4.69) is 42.5 Å². The molecule has 4 N–H and O–H groups in total. The lowest BCUT2D eigenvalue weighted by molar-refractivity contribution is 0.102. The van der Waals surface area contributed by atoms with Crippen LogP contribution in [0.15, 0.2) is 102 Å². The van der Waals surface area contributed by atoms with E-state index in [0.717, 1.165) is 44.0 Å². The second kappa shape index (κ2) is 14.7. The van der Waals surface area contributed by atoms with Gasteiger partial charge in [0.05, 0.1) is 5.69 Å². The first-order valence-corrected chi connectivity index (χ1v) is 15.2. The smallest absolute Gasteiger partial charge is 0.319 e. The van der Waals surface area contributed by atoms with E-state index in [1.54, 1.807) is 60.9 Å². The molecule has 11 heteroatoms. The zero-order valence-electron chi connectivity index (χ0n) is 24.0. The van der Waals surface area contributed by atoms with Crippen LogP contribution in [0.25, 0.3) is 0 Å². The van der Waals surface area contributed by atoms with Gasteiger partial charge in [0.2, 0.25) is 0 Å². The maximum Gasteiger partial charge on any atom is 0.319 e. The van der Waals surface area contributed by atoms with Crippen LogP contribution in [0, 0.1) is 0 Å². The molecule has 0 spiro atoms. The first-order chi connectivity index (χ1) is 20.9. The van der Waals surface area contributed by atoms with Gasteiger partial charge in [0.1, 0.15) is 11.4 Å². The quantitative estimate of drug-likeness (QED) is 0.198. The lowest BCUT2D eigenvalue weighted by Gasteiger charge is -2.32. The molecule has 1 unspecified atom stereocenters. The molecule has 4 aromatic rings. The highest BCUT2D eigenvalue weighted by Gasteiger charge is 2.16. The summed E-state index contributed by atoms with van der Waals surface area (Å²) in [5.41, 5.74) is 4.53. The van der Waals surface area contributed by atoms with Gasteiger partial charge in [-0.3, -0.25) is 14.7 Å². The Kier molecular flexibility index (Phi) is 10.2. The number of aromatic nitrogens is 1. The monoisotopic (exact) mass is 597 g/mol. The van der Waals surface area contributed by atoms with E-state index in [1.165, 1.54) is 5.56 Å². The Bertz CT molecular complexity index is 1480. The number of carbonyl (C=O) groups excluding carboxylic acids is 2. The molecule has 0 bridgehead atoms. The summed E-state index contributed by atoms with van der Waals surface area (Å²) in [6, 6.07) is 24.8. The molecule has 1 aliphatic heterocycles. The number of rotatable bonds is 10. The van der Waals surface area contributed by atoms with E-state index in [-0.39, 0.29) is 11.9 Å². The summed E-state index contributed by atoms with van der Waals surface area (Å²) in [5, 5.41) is 8.47. The van der Waals surface area contributed by atoms with Crippen LogP contribution < -0.4 is 20.7 Å². The topological polar surface area (TPSA) is 125 Å². The van der Waals surface area contributed by atoms with E-state index in [1.807, 2.05) is 36.4 Å². The molecule has 1 atom stereocenters. The molecule has 43 heavy (non-hydrogen) atoms. The number of pyridine rings is 1. The standard InChI is InChI=1S/C32H35N7O3S/c1-38-17-19-39(20-18-38)23-24-4-8-27(9-5-24)35-31(40)26-6-14-30(15-7-26)43(42)37-29-12-10-28(11-13-29)36-32(41)34-22-25-3-2-16-33-21-25/h2-16,21,37H,17-20,22-23H2,1H3,(H,35,40)(H2,34,36,41). The fourth-order valence-corrected chi connectivity index (χ4v) is 5.39. The first kappa shape index (κ1) is 30.1. The van der Waals surface area contributed by atoms with E-state index < -0.39 is 11.4 Å². The third-order valence-electron chi connectivity index (χ3n) is 7.07. The van der Waals surface area contributed by atoms with Gasteiger partial charge in [0, 0.05) is 68.6 Å². The van der Waals surface area contributed by atoms with Gasteiger partial charge in [0.25, 0.3) is 5.91 Å². The number of hydrogen-bond donors (Lipinski definition) is 4. The molecular weight excluding hydrogens is 562 g/mol. The van der Waals surface area contributed by atoms with E-state index in [9.17, 15) is 14.1 Å². The van der Waals surface area contributed by atoms with Crippen molar-refractivity contribution in [2.24, 2.45) is 0 Å². The molecule has 1 saturated heterocycles. The SMILES string of the molecule is CN1CCN(Cc2ccc(NC(=O)c3ccc([S+]([O-])Nc4ccc(NC(=O)NCc5cccnc5)cc4)cc3)cc2)CC1. The Morgan fingerprint density at radius 3 is 2.14 bits per heavy atom. The van der Waals surface area contributed by atoms with Crippen molar-refractivity contribution < 1.29 is 14.1 Å². The van der Waals surface area contributed by atoms with Crippen LogP contribution in [0.3, 0.4) is 0 Å². The molecule has 0 saturated carbocycles. The highest BCUT2D eigenvalue weighted by atomic mass is 32.2. The molecule has 3 aromatic carbocycles. The van der Waals surface area contributed by atoms with Crippen molar-refractivity contribution in [3.05, 3.63) is 114 Å². The normalized spacial score (nSPS) is 14.5. The summed E-state index contributed by atoms with van der Waals surface area (Å²) >= 11 is -1.54. The molecule has 1 fully saturated rings. The van der Waals surface area contributed by atoms with Crippen molar-refractivity contribution in [1.29, 1.82) is 0 Å². The molecule has 2 heterocycles.